The highest BCUT2D eigenvalue weighted by atomic mass is 32.1. The van der Waals surface area contributed by atoms with Crippen LogP contribution in [0.25, 0.3) is 10.6 Å². The number of pyridine rings is 1. The Hall–Kier alpha value is -3.18. The van der Waals surface area contributed by atoms with Crippen molar-refractivity contribution in [2.24, 2.45) is 0 Å². The summed E-state index contributed by atoms with van der Waals surface area (Å²) in [6.07, 6.45) is 0.648. The number of aromatic amines is 2. The van der Waals surface area contributed by atoms with E-state index in [1.807, 2.05) is 25.1 Å². The molecule has 0 aliphatic heterocycles. The second-order valence-corrected chi connectivity index (χ2v) is 7.58. The summed E-state index contributed by atoms with van der Waals surface area (Å²) in [5.41, 5.74) is 2.68. The van der Waals surface area contributed by atoms with E-state index in [1.54, 1.807) is 31.3 Å². The van der Waals surface area contributed by atoms with Gasteiger partial charge in [0.05, 0.1) is 10.6 Å². The molecule has 0 spiro atoms. The largest absolute Gasteiger partial charge is 0.325 e. The molecular formula is C19H19N5O2S. The molecule has 8 heteroatoms. The summed E-state index contributed by atoms with van der Waals surface area (Å²) >= 11 is 1.65. The lowest BCUT2D eigenvalue weighted by Crippen LogP contribution is -2.18. The molecule has 138 valence electrons. The third-order valence-corrected chi connectivity index (χ3v) is 5.41. The molecule has 0 bridgehead atoms. The number of aromatic nitrogens is 3. The Bertz CT molecular complexity index is 1100. The molecule has 0 aromatic carbocycles. The SMILES string of the molecule is Cc1ccc(-c2cc(NC(=O)CCc3c(C)[nH]c(=O)c(C#N)c3C)n[nH]2)s1. The fraction of sp³-hybridized carbons (Fsp3) is 0.263. The Balaban J connectivity index is 1.67. The number of nitriles is 1. The van der Waals surface area contributed by atoms with Crippen LogP contribution >= 0.6 is 11.3 Å². The number of nitrogens with one attached hydrogen (secondary N) is 3. The van der Waals surface area contributed by atoms with E-state index >= 15 is 0 Å². The van der Waals surface area contributed by atoms with Crippen LogP contribution in [0.1, 0.15) is 33.7 Å². The van der Waals surface area contributed by atoms with Gasteiger partial charge in [-0.25, -0.2) is 0 Å². The number of rotatable bonds is 5. The maximum atomic E-state index is 12.3. The highest BCUT2D eigenvalue weighted by Crippen LogP contribution is 2.27. The Morgan fingerprint density at radius 3 is 2.78 bits per heavy atom. The van der Waals surface area contributed by atoms with Gasteiger partial charge < -0.3 is 10.3 Å². The number of carbonyl (C=O) groups excluding carboxylic acids is 1. The minimum absolute atomic E-state index is 0.0965. The van der Waals surface area contributed by atoms with E-state index in [2.05, 4.69) is 20.5 Å². The van der Waals surface area contributed by atoms with Crippen LogP contribution in [0.15, 0.2) is 23.0 Å². The number of aryl methyl sites for hydroxylation is 2. The summed E-state index contributed by atoms with van der Waals surface area (Å²) in [5.74, 6) is 0.285. The van der Waals surface area contributed by atoms with Gasteiger partial charge in [-0.3, -0.25) is 14.7 Å². The fourth-order valence-corrected chi connectivity index (χ4v) is 3.79. The molecular weight excluding hydrogens is 362 g/mol. The molecule has 3 aromatic rings. The lowest BCUT2D eigenvalue weighted by Gasteiger charge is -2.10. The molecule has 0 saturated heterocycles. The molecule has 3 heterocycles. The van der Waals surface area contributed by atoms with Crippen molar-refractivity contribution in [3.8, 4) is 16.6 Å². The molecule has 27 heavy (non-hydrogen) atoms. The Kier molecular flexibility index (Phi) is 5.23. The highest BCUT2D eigenvalue weighted by Gasteiger charge is 2.14. The lowest BCUT2D eigenvalue weighted by molar-refractivity contribution is -0.116. The molecule has 3 N–H and O–H groups in total. The molecule has 3 aromatic heterocycles. The van der Waals surface area contributed by atoms with E-state index in [4.69, 9.17) is 5.26 Å². The van der Waals surface area contributed by atoms with E-state index in [-0.39, 0.29) is 17.9 Å². The summed E-state index contributed by atoms with van der Waals surface area (Å²) in [6.45, 7) is 5.54. The summed E-state index contributed by atoms with van der Waals surface area (Å²) in [7, 11) is 0. The van der Waals surface area contributed by atoms with Crippen molar-refractivity contribution < 1.29 is 4.79 Å². The first-order valence-corrected chi connectivity index (χ1v) is 9.25. The molecule has 0 aliphatic rings. The van der Waals surface area contributed by atoms with Crippen molar-refractivity contribution >= 4 is 23.1 Å². The number of amides is 1. The van der Waals surface area contributed by atoms with Crippen molar-refractivity contribution in [2.75, 3.05) is 5.32 Å². The quantitative estimate of drug-likeness (QED) is 0.629. The van der Waals surface area contributed by atoms with E-state index < -0.39 is 5.56 Å². The number of hydrogen-bond donors (Lipinski definition) is 3. The summed E-state index contributed by atoms with van der Waals surface area (Å²) in [6, 6.07) is 7.76. The molecule has 3 rings (SSSR count). The maximum Gasteiger partial charge on any atom is 0.266 e. The van der Waals surface area contributed by atoms with Crippen molar-refractivity contribution in [3.63, 3.8) is 0 Å². The molecule has 0 aliphatic carbocycles. The third kappa shape index (κ3) is 3.99. The Morgan fingerprint density at radius 1 is 1.33 bits per heavy atom. The first-order chi connectivity index (χ1) is 12.9. The predicted octanol–water partition coefficient (Wildman–Crippen LogP) is 3.19. The molecule has 7 nitrogen and oxygen atoms in total. The monoisotopic (exact) mass is 381 g/mol. The van der Waals surface area contributed by atoms with Crippen molar-refractivity contribution in [1.29, 1.82) is 5.26 Å². The van der Waals surface area contributed by atoms with Gasteiger partial charge in [0.15, 0.2) is 5.82 Å². The standard InChI is InChI=1S/C19H19N5O2S/c1-10-4-6-16(27-10)15-8-17(24-23-15)22-18(25)7-5-13-11(2)14(9-20)19(26)21-12(13)3/h4,6,8H,5,7H2,1-3H3,(H,21,26)(H2,22,23,24,25). The predicted molar refractivity (Wildman–Crippen MR) is 105 cm³/mol. The topological polar surface area (TPSA) is 114 Å². The van der Waals surface area contributed by atoms with Gasteiger partial charge in [-0.15, -0.1) is 11.3 Å². The molecule has 0 radical (unpaired) electrons. The molecule has 0 atom stereocenters. The van der Waals surface area contributed by atoms with Gasteiger partial charge in [0.2, 0.25) is 5.91 Å². The minimum Gasteiger partial charge on any atom is -0.325 e. The number of carbonyl (C=O) groups is 1. The molecule has 1 amide bonds. The first kappa shape index (κ1) is 18.6. The summed E-state index contributed by atoms with van der Waals surface area (Å²) < 4.78 is 0. The van der Waals surface area contributed by atoms with Gasteiger partial charge >= 0.3 is 0 Å². The van der Waals surface area contributed by atoms with Crippen molar-refractivity contribution in [3.05, 3.63) is 55.8 Å². The van der Waals surface area contributed by atoms with E-state index in [9.17, 15) is 9.59 Å². The normalized spacial score (nSPS) is 10.6. The average Bonchev–Trinajstić information content (AvgIpc) is 3.23. The lowest BCUT2D eigenvalue weighted by atomic mass is 9.99. The second-order valence-electron chi connectivity index (χ2n) is 6.29. The molecule has 0 saturated carbocycles. The Morgan fingerprint density at radius 2 is 2.11 bits per heavy atom. The van der Waals surface area contributed by atoms with Crippen LogP contribution in [0.3, 0.4) is 0 Å². The number of hydrogen-bond acceptors (Lipinski definition) is 5. The zero-order valence-corrected chi connectivity index (χ0v) is 16.1. The van der Waals surface area contributed by atoms with E-state index in [1.165, 1.54) is 4.88 Å². The van der Waals surface area contributed by atoms with Gasteiger partial charge in [-0.05, 0) is 50.5 Å². The van der Waals surface area contributed by atoms with Gasteiger partial charge in [0, 0.05) is 23.1 Å². The fourth-order valence-electron chi connectivity index (χ4n) is 2.96. The Labute approximate surface area is 160 Å². The highest BCUT2D eigenvalue weighted by molar-refractivity contribution is 7.15. The maximum absolute atomic E-state index is 12.3. The third-order valence-electron chi connectivity index (χ3n) is 4.37. The molecule has 0 fully saturated rings. The van der Waals surface area contributed by atoms with Gasteiger partial charge in [0.25, 0.3) is 5.56 Å². The van der Waals surface area contributed by atoms with Crippen LogP contribution in [0, 0.1) is 32.1 Å². The smallest absolute Gasteiger partial charge is 0.266 e. The number of anilines is 1. The van der Waals surface area contributed by atoms with Crippen molar-refractivity contribution in [1.82, 2.24) is 15.2 Å². The van der Waals surface area contributed by atoms with E-state index in [0.717, 1.165) is 16.1 Å². The minimum atomic E-state index is -0.395. The zero-order chi connectivity index (χ0) is 19.6. The number of nitrogens with zero attached hydrogens (tertiary/aromatic N) is 2. The van der Waals surface area contributed by atoms with Crippen LogP contribution in [-0.2, 0) is 11.2 Å². The second kappa shape index (κ2) is 7.60. The van der Waals surface area contributed by atoms with Crippen molar-refractivity contribution in [2.45, 2.75) is 33.6 Å². The number of H-pyrrole nitrogens is 2. The van der Waals surface area contributed by atoms with Gasteiger partial charge in [-0.1, -0.05) is 0 Å². The van der Waals surface area contributed by atoms with Crippen LogP contribution in [0.4, 0.5) is 5.82 Å². The van der Waals surface area contributed by atoms with Crippen LogP contribution in [0.2, 0.25) is 0 Å². The van der Waals surface area contributed by atoms with Gasteiger partial charge in [-0.2, -0.15) is 10.4 Å². The van der Waals surface area contributed by atoms with Crippen LogP contribution < -0.4 is 10.9 Å². The number of thiophene rings is 1. The summed E-state index contributed by atoms with van der Waals surface area (Å²) in [4.78, 5) is 29.0. The first-order valence-electron chi connectivity index (χ1n) is 8.43. The average molecular weight is 381 g/mol. The van der Waals surface area contributed by atoms with Gasteiger partial charge in [0.1, 0.15) is 11.6 Å². The van der Waals surface area contributed by atoms with E-state index in [0.29, 0.717) is 23.5 Å². The summed E-state index contributed by atoms with van der Waals surface area (Å²) in [5, 5.41) is 19.0. The van der Waals surface area contributed by atoms with Crippen LogP contribution in [-0.4, -0.2) is 21.1 Å². The zero-order valence-electron chi connectivity index (χ0n) is 15.3. The van der Waals surface area contributed by atoms with Crippen LogP contribution in [0.5, 0.6) is 0 Å². The molecule has 0 unspecified atom stereocenters.